The molecule has 0 bridgehead atoms. The number of piperidine rings is 1. The number of esters is 2. The second kappa shape index (κ2) is 8.99. The lowest BCUT2D eigenvalue weighted by molar-refractivity contribution is -0.190. The smallest absolute Gasteiger partial charge is 0.409 e. The van der Waals surface area contributed by atoms with E-state index in [0.717, 1.165) is 0 Å². The van der Waals surface area contributed by atoms with Gasteiger partial charge in [0.1, 0.15) is 5.82 Å². The lowest BCUT2D eigenvalue weighted by Gasteiger charge is -2.33. The molecule has 1 spiro atoms. The molecule has 0 saturated carbocycles. The predicted octanol–water partition coefficient (Wildman–Crippen LogP) is 1.87. The van der Waals surface area contributed by atoms with Crippen LogP contribution in [0.3, 0.4) is 0 Å². The molecule has 2 fully saturated rings. The van der Waals surface area contributed by atoms with Crippen molar-refractivity contribution in [3.8, 4) is 0 Å². The zero-order valence-electron chi connectivity index (χ0n) is 19.4. The highest BCUT2D eigenvalue weighted by atomic mass is 19.1. The van der Waals surface area contributed by atoms with Crippen LogP contribution in [0.15, 0.2) is 29.1 Å². The van der Waals surface area contributed by atoms with Crippen LogP contribution in [0.4, 0.5) is 4.39 Å². The van der Waals surface area contributed by atoms with Crippen LogP contribution in [-0.2, 0) is 37.8 Å². The number of aromatic nitrogens is 2. The summed E-state index contributed by atoms with van der Waals surface area (Å²) >= 11 is 0. The van der Waals surface area contributed by atoms with E-state index in [0.29, 0.717) is 80.7 Å². The summed E-state index contributed by atoms with van der Waals surface area (Å²) in [6.45, 7) is 4.03. The molecule has 3 heterocycles. The summed E-state index contributed by atoms with van der Waals surface area (Å²) in [6, 6.07) is 5.66. The average molecular weight is 483 g/mol. The van der Waals surface area contributed by atoms with Crippen molar-refractivity contribution in [1.82, 2.24) is 14.7 Å². The van der Waals surface area contributed by atoms with Crippen molar-refractivity contribution in [3.05, 3.63) is 62.8 Å². The molecular formula is C25H26FN3O6. The van der Waals surface area contributed by atoms with Crippen LogP contribution < -0.4 is 5.56 Å². The Morgan fingerprint density at radius 1 is 1.09 bits per heavy atom. The van der Waals surface area contributed by atoms with Gasteiger partial charge in [0, 0.05) is 30.0 Å². The van der Waals surface area contributed by atoms with Crippen molar-refractivity contribution in [2.45, 2.75) is 51.4 Å². The minimum Gasteiger partial charge on any atom is -0.409 e. The first-order valence-corrected chi connectivity index (χ1v) is 11.9. The molecule has 1 aromatic carbocycles. The van der Waals surface area contributed by atoms with Gasteiger partial charge in [-0.05, 0) is 70.0 Å². The Balaban J connectivity index is 1.24. The fourth-order valence-electron chi connectivity index (χ4n) is 5.32. The number of hydrogen-bond acceptors (Lipinski definition) is 8. The highest BCUT2D eigenvalue weighted by Crippen LogP contribution is 2.43. The van der Waals surface area contributed by atoms with Crippen molar-refractivity contribution < 1.29 is 28.2 Å². The SMILES string of the molecule is Cc1c2c(nn(CCN3CCC(C(=O)c4ccc(F)cc4)CC3)c1=O)CCCC21OC(=O)C(=O)O1. The standard InChI is InChI=1S/C25H26FN3O6/c1-15-20-19(3-2-10-25(20)34-23(32)24(33)35-25)27-29(22(15)31)14-13-28-11-8-17(9-12-28)21(30)16-4-6-18(26)7-5-16/h4-7,17H,2-3,8-14H2,1H3. The van der Waals surface area contributed by atoms with Gasteiger partial charge in [0.15, 0.2) is 5.78 Å². The van der Waals surface area contributed by atoms with Gasteiger partial charge in [0.2, 0.25) is 0 Å². The first kappa shape index (κ1) is 23.3. The number of aryl methyl sites for hydroxylation is 1. The van der Waals surface area contributed by atoms with Crippen LogP contribution in [0.2, 0.25) is 0 Å². The van der Waals surface area contributed by atoms with Gasteiger partial charge < -0.3 is 14.4 Å². The highest BCUT2D eigenvalue weighted by molar-refractivity contribution is 6.31. The van der Waals surface area contributed by atoms with Crippen molar-refractivity contribution in [1.29, 1.82) is 0 Å². The number of halogens is 1. The number of hydrogen-bond donors (Lipinski definition) is 0. The number of fused-ring (bicyclic) bond motifs is 2. The number of carbonyl (C=O) groups is 3. The lowest BCUT2D eigenvalue weighted by Crippen LogP contribution is -2.42. The Bertz CT molecular complexity index is 1230. The van der Waals surface area contributed by atoms with E-state index in [-0.39, 0.29) is 23.1 Å². The van der Waals surface area contributed by atoms with E-state index in [4.69, 9.17) is 9.47 Å². The second-order valence-electron chi connectivity index (χ2n) is 9.35. The number of nitrogens with zero attached hydrogens (tertiary/aromatic N) is 3. The molecule has 1 aromatic heterocycles. The Morgan fingerprint density at radius 2 is 1.74 bits per heavy atom. The van der Waals surface area contributed by atoms with Gasteiger partial charge in [-0.1, -0.05) is 0 Å². The van der Waals surface area contributed by atoms with Gasteiger partial charge in [-0.15, -0.1) is 0 Å². The first-order valence-electron chi connectivity index (χ1n) is 11.9. The third kappa shape index (κ3) is 4.27. The van der Waals surface area contributed by atoms with Crippen LogP contribution in [0.5, 0.6) is 0 Å². The van der Waals surface area contributed by atoms with Gasteiger partial charge in [0.25, 0.3) is 11.3 Å². The number of ketones is 1. The summed E-state index contributed by atoms with van der Waals surface area (Å²) in [5, 5.41) is 4.53. The minimum atomic E-state index is -1.55. The number of Topliss-reactive ketones (excluding diaryl/α,β-unsaturated/α-hetero) is 1. The van der Waals surface area contributed by atoms with E-state index < -0.39 is 17.7 Å². The maximum atomic E-state index is 13.1. The van der Waals surface area contributed by atoms with E-state index in [1.807, 2.05) is 0 Å². The molecule has 35 heavy (non-hydrogen) atoms. The van der Waals surface area contributed by atoms with Gasteiger partial charge in [0.05, 0.1) is 17.8 Å². The van der Waals surface area contributed by atoms with Gasteiger partial charge in [-0.3, -0.25) is 9.59 Å². The molecule has 2 saturated heterocycles. The van der Waals surface area contributed by atoms with Gasteiger partial charge in [-0.2, -0.15) is 5.10 Å². The summed E-state index contributed by atoms with van der Waals surface area (Å²) < 4.78 is 25.1. The quantitative estimate of drug-likeness (QED) is 0.360. The highest BCUT2D eigenvalue weighted by Gasteiger charge is 2.53. The maximum Gasteiger partial charge on any atom is 0.421 e. The van der Waals surface area contributed by atoms with Crippen molar-refractivity contribution in [3.63, 3.8) is 0 Å². The van der Waals surface area contributed by atoms with E-state index in [9.17, 15) is 23.6 Å². The number of rotatable bonds is 5. The monoisotopic (exact) mass is 483 g/mol. The minimum absolute atomic E-state index is 0.0371. The zero-order valence-corrected chi connectivity index (χ0v) is 19.4. The van der Waals surface area contributed by atoms with Crippen LogP contribution in [0.25, 0.3) is 0 Å². The largest absolute Gasteiger partial charge is 0.421 e. The molecule has 5 rings (SSSR count). The van der Waals surface area contributed by atoms with Crippen molar-refractivity contribution >= 4 is 17.7 Å². The summed E-state index contributed by atoms with van der Waals surface area (Å²) in [4.78, 5) is 51.4. The molecule has 0 N–H and O–H groups in total. The summed E-state index contributed by atoms with van der Waals surface area (Å²) in [5.41, 5.74) is 1.57. The molecule has 3 aliphatic rings. The van der Waals surface area contributed by atoms with E-state index in [1.165, 1.54) is 28.9 Å². The normalized spacial score (nSPS) is 19.9. The molecule has 0 atom stereocenters. The summed E-state index contributed by atoms with van der Waals surface area (Å²) in [6.07, 6.45) is 2.88. The number of benzene rings is 1. The Morgan fingerprint density at radius 3 is 2.40 bits per heavy atom. The molecule has 1 aliphatic carbocycles. The summed E-state index contributed by atoms with van der Waals surface area (Å²) in [5.74, 6) is -4.08. The number of carbonyl (C=O) groups excluding carboxylic acids is 3. The Kier molecular flexibility index (Phi) is 6.00. The average Bonchev–Trinajstić information content (AvgIpc) is 3.13. The van der Waals surface area contributed by atoms with Crippen LogP contribution >= 0.6 is 0 Å². The topological polar surface area (TPSA) is 108 Å². The maximum absolute atomic E-state index is 13.1. The summed E-state index contributed by atoms with van der Waals surface area (Å²) in [7, 11) is 0. The zero-order chi connectivity index (χ0) is 24.7. The van der Waals surface area contributed by atoms with Crippen molar-refractivity contribution in [2.75, 3.05) is 19.6 Å². The van der Waals surface area contributed by atoms with Crippen molar-refractivity contribution in [2.24, 2.45) is 5.92 Å². The molecule has 0 amide bonds. The molecule has 10 heteroatoms. The fourth-order valence-corrected chi connectivity index (χ4v) is 5.32. The molecule has 9 nitrogen and oxygen atoms in total. The van der Waals surface area contributed by atoms with Crippen LogP contribution in [0, 0.1) is 18.7 Å². The van der Waals surface area contributed by atoms with Crippen LogP contribution in [-0.4, -0.2) is 52.0 Å². The lowest BCUT2D eigenvalue weighted by atomic mass is 9.87. The second-order valence-corrected chi connectivity index (χ2v) is 9.35. The predicted molar refractivity (Wildman–Crippen MR) is 120 cm³/mol. The Hall–Kier alpha value is -3.40. The molecule has 0 unspecified atom stereocenters. The third-order valence-corrected chi connectivity index (χ3v) is 7.16. The molecular weight excluding hydrogens is 457 g/mol. The Labute approximate surface area is 200 Å². The molecule has 2 aromatic rings. The first-order chi connectivity index (χ1) is 16.8. The number of ether oxygens (including phenoxy) is 2. The third-order valence-electron chi connectivity index (χ3n) is 7.16. The molecule has 2 aliphatic heterocycles. The number of likely N-dealkylation sites (tertiary alicyclic amines) is 1. The van der Waals surface area contributed by atoms with Gasteiger partial charge >= 0.3 is 11.9 Å². The molecule has 184 valence electrons. The van der Waals surface area contributed by atoms with E-state index in [2.05, 4.69) is 10.00 Å². The van der Waals surface area contributed by atoms with E-state index in [1.54, 1.807) is 6.92 Å². The van der Waals surface area contributed by atoms with Crippen LogP contribution in [0.1, 0.15) is 52.9 Å². The van der Waals surface area contributed by atoms with E-state index >= 15 is 0 Å². The van der Waals surface area contributed by atoms with Gasteiger partial charge in [-0.25, -0.2) is 18.7 Å². The molecule has 0 radical (unpaired) electrons. The fraction of sp³-hybridized carbons (Fsp3) is 0.480.